The molecule has 2 aromatic carbocycles. The fourth-order valence-electron chi connectivity index (χ4n) is 4.06. The van der Waals surface area contributed by atoms with E-state index < -0.39 is 17.7 Å². The Balaban J connectivity index is 1.62. The van der Waals surface area contributed by atoms with Gasteiger partial charge in [0.1, 0.15) is 19.0 Å². The highest BCUT2D eigenvalue weighted by Gasteiger charge is 2.46. The summed E-state index contributed by atoms with van der Waals surface area (Å²) < 4.78 is 11.1. The molecule has 1 N–H and O–H groups in total. The van der Waals surface area contributed by atoms with Crippen LogP contribution < -0.4 is 9.47 Å². The number of nitrogens with zero attached hydrogens (tertiary/aromatic N) is 2. The molecule has 3 aromatic rings. The Labute approximate surface area is 184 Å². The van der Waals surface area contributed by atoms with Crippen molar-refractivity contribution in [2.45, 2.75) is 12.6 Å². The number of hydrogen-bond donors (Lipinski definition) is 1. The summed E-state index contributed by atoms with van der Waals surface area (Å²) in [5, 5.41) is 11.2. The maximum Gasteiger partial charge on any atom is 0.295 e. The lowest BCUT2D eigenvalue weighted by Gasteiger charge is -2.25. The number of pyridine rings is 1. The average molecular weight is 428 g/mol. The van der Waals surface area contributed by atoms with Crippen LogP contribution in [0.3, 0.4) is 0 Å². The molecule has 1 saturated heterocycles. The van der Waals surface area contributed by atoms with Gasteiger partial charge in [0.2, 0.25) is 0 Å². The largest absolute Gasteiger partial charge is 0.507 e. The Morgan fingerprint density at radius 1 is 1.00 bits per heavy atom. The lowest BCUT2D eigenvalue weighted by molar-refractivity contribution is -0.140. The summed E-state index contributed by atoms with van der Waals surface area (Å²) in [6, 6.07) is 17.1. The lowest BCUT2D eigenvalue weighted by Crippen LogP contribution is -2.29. The van der Waals surface area contributed by atoms with Gasteiger partial charge in [0.05, 0.1) is 11.6 Å². The van der Waals surface area contributed by atoms with Crippen LogP contribution in [0.4, 0.5) is 0 Å². The maximum atomic E-state index is 13.1. The van der Waals surface area contributed by atoms with Crippen molar-refractivity contribution in [1.29, 1.82) is 0 Å². The molecule has 0 aliphatic carbocycles. The first-order chi connectivity index (χ1) is 15.6. The van der Waals surface area contributed by atoms with Gasteiger partial charge >= 0.3 is 0 Å². The zero-order valence-corrected chi connectivity index (χ0v) is 17.1. The second-order valence-electron chi connectivity index (χ2n) is 7.56. The molecule has 0 saturated carbocycles. The predicted molar refractivity (Wildman–Crippen MR) is 116 cm³/mol. The number of carbonyl (C=O) groups is 2. The van der Waals surface area contributed by atoms with Crippen molar-refractivity contribution in [3.05, 3.63) is 95.3 Å². The Bertz CT molecular complexity index is 1210. The van der Waals surface area contributed by atoms with E-state index in [0.717, 1.165) is 11.1 Å². The number of rotatable bonds is 4. The summed E-state index contributed by atoms with van der Waals surface area (Å²) in [4.78, 5) is 31.7. The number of aliphatic hydroxyl groups excluding tert-OH is 1. The van der Waals surface area contributed by atoms with Gasteiger partial charge < -0.3 is 19.5 Å². The van der Waals surface area contributed by atoms with E-state index in [1.807, 2.05) is 36.4 Å². The molecule has 0 bridgehead atoms. The molecule has 5 rings (SSSR count). The van der Waals surface area contributed by atoms with Crippen molar-refractivity contribution in [3.8, 4) is 11.5 Å². The summed E-state index contributed by atoms with van der Waals surface area (Å²) in [6.45, 7) is 1.04. The molecule has 1 amide bonds. The first kappa shape index (κ1) is 19.8. The number of amides is 1. The quantitative estimate of drug-likeness (QED) is 0.389. The normalized spacial score (nSPS) is 19.2. The van der Waals surface area contributed by atoms with Crippen LogP contribution in [0.2, 0.25) is 0 Å². The third-order valence-electron chi connectivity index (χ3n) is 5.55. The van der Waals surface area contributed by atoms with Crippen LogP contribution in [-0.4, -0.2) is 39.9 Å². The summed E-state index contributed by atoms with van der Waals surface area (Å²) in [6.07, 6.45) is 3.30. The van der Waals surface area contributed by atoms with Gasteiger partial charge in [0.15, 0.2) is 11.5 Å². The molecule has 0 unspecified atom stereocenters. The molecule has 7 nitrogen and oxygen atoms in total. The molecule has 32 heavy (non-hydrogen) atoms. The molecular formula is C25H20N2O5. The second kappa shape index (κ2) is 8.19. The number of benzene rings is 2. The standard InChI is InChI=1S/C25H20N2O5/c28-23(18-8-9-19-20(13-18)32-12-11-31-19)21-22(17-6-2-1-3-7-17)27(25(30)24(21)29)15-16-5-4-10-26-14-16/h1-10,13-14,22,28H,11-12,15H2/t22-/m1/s1. The minimum absolute atomic E-state index is 0.0433. The Morgan fingerprint density at radius 3 is 2.53 bits per heavy atom. The predicted octanol–water partition coefficient (Wildman–Crippen LogP) is 3.47. The fraction of sp³-hybridized carbons (Fsp3) is 0.160. The molecule has 0 spiro atoms. The highest BCUT2D eigenvalue weighted by Crippen LogP contribution is 2.41. The first-order valence-corrected chi connectivity index (χ1v) is 10.3. The van der Waals surface area contributed by atoms with Crippen LogP contribution in [0.25, 0.3) is 5.76 Å². The number of Topliss-reactive ketones (excluding diaryl/α,β-unsaturated/α-hetero) is 1. The molecule has 3 heterocycles. The molecule has 1 fully saturated rings. The van der Waals surface area contributed by atoms with Crippen LogP contribution in [0.5, 0.6) is 11.5 Å². The van der Waals surface area contributed by atoms with Crippen molar-refractivity contribution in [2.75, 3.05) is 13.2 Å². The van der Waals surface area contributed by atoms with Crippen LogP contribution in [0, 0.1) is 0 Å². The van der Waals surface area contributed by atoms with Crippen LogP contribution in [0.1, 0.15) is 22.7 Å². The van der Waals surface area contributed by atoms with Gasteiger partial charge in [0.25, 0.3) is 11.7 Å². The highest BCUT2D eigenvalue weighted by molar-refractivity contribution is 6.46. The topological polar surface area (TPSA) is 89.0 Å². The minimum atomic E-state index is -0.732. The van der Waals surface area contributed by atoms with E-state index in [9.17, 15) is 14.7 Å². The van der Waals surface area contributed by atoms with Gasteiger partial charge in [-0.25, -0.2) is 0 Å². The zero-order chi connectivity index (χ0) is 22.1. The van der Waals surface area contributed by atoms with Crippen LogP contribution in [0.15, 0.2) is 78.6 Å². The van der Waals surface area contributed by atoms with E-state index in [1.54, 1.807) is 36.7 Å². The number of aliphatic hydroxyl groups is 1. The molecule has 7 heteroatoms. The van der Waals surface area contributed by atoms with E-state index in [-0.39, 0.29) is 17.9 Å². The molecule has 160 valence electrons. The van der Waals surface area contributed by atoms with Crippen molar-refractivity contribution < 1.29 is 24.2 Å². The van der Waals surface area contributed by atoms with E-state index in [0.29, 0.717) is 30.3 Å². The van der Waals surface area contributed by atoms with Gasteiger partial charge in [-0.15, -0.1) is 0 Å². The SMILES string of the molecule is O=C1C(=O)N(Cc2cccnc2)[C@H](c2ccccc2)C1=C(O)c1ccc2c(c1)OCCO2. The summed E-state index contributed by atoms with van der Waals surface area (Å²) >= 11 is 0. The van der Waals surface area contributed by atoms with Crippen molar-refractivity contribution in [1.82, 2.24) is 9.88 Å². The van der Waals surface area contributed by atoms with Gasteiger partial charge in [-0.1, -0.05) is 36.4 Å². The number of aromatic nitrogens is 1. The lowest BCUT2D eigenvalue weighted by atomic mass is 9.95. The minimum Gasteiger partial charge on any atom is -0.507 e. The van der Waals surface area contributed by atoms with E-state index in [2.05, 4.69) is 4.98 Å². The molecule has 1 atom stereocenters. The van der Waals surface area contributed by atoms with E-state index in [4.69, 9.17) is 9.47 Å². The first-order valence-electron chi connectivity index (χ1n) is 10.3. The average Bonchev–Trinajstić information content (AvgIpc) is 3.09. The molecule has 2 aliphatic rings. The third-order valence-corrected chi connectivity index (χ3v) is 5.55. The number of ketones is 1. The second-order valence-corrected chi connectivity index (χ2v) is 7.56. The molecule has 1 aromatic heterocycles. The van der Waals surface area contributed by atoms with E-state index >= 15 is 0 Å². The van der Waals surface area contributed by atoms with Gasteiger partial charge in [0, 0.05) is 24.5 Å². The molecule has 0 radical (unpaired) electrons. The molecular weight excluding hydrogens is 408 g/mol. The number of fused-ring (bicyclic) bond motifs is 1. The summed E-state index contributed by atoms with van der Waals surface area (Å²) in [7, 11) is 0. The number of ether oxygens (including phenoxy) is 2. The molecule has 2 aliphatic heterocycles. The highest BCUT2D eigenvalue weighted by atomic mass is 16.6. The van der Waals surface area contributed by atoms with Gasteiger partial charge in [-0.3, -0.25) is 14.6 Å². The van der Waals surface area contributed by atoms with E-state index in [1.165, 1.54) is 4.90 Å². The summed E-state index contributed by atoms with van der Waals surface area (Å²) in [5.41, 5.74) is 1.95. The Kier molecular flexibility index (Phi) is 5.07. The maximum absolute atomic E-state index is 13.1. The van der Waals surface area contributed by atoms with Gasteiger partial charge in [-0.2, -0.15) is 0 Å². The van der Waals surface area contributed by atoms with Crippen molar-refractivity contribution in [3.63, 3.8) is 0 Å². The fourth-order valence-corrected chi connectivity index (χ4v) is 4.06. The third kappa shape index (κ3) is 3.47. The Hall–Kier alpha value is -4.13. The number of hydrogen-bond acceptors (Lipinski definition) is 6. The van der Waals surface area contributed by atoms with Crippen molar-refractivity contribution >= 4 is 17.4 Å². The van der Waals surface area contributed by atoms with Crippen LogP contribution in [-0.2, 0) is 16.1 Å². The van der Waals surface area contributed by atoms with Crippen molar-refractivity contribution in [2.24, 2.45) is 0 Å². The van der Waals surface area contributed by atoms with Gasteiger partial charge in [-0.05, 0) is 35.4 Å². The number of carbonyl (C=O) groups excluding carboxylic acids is 2. The number of likely N-dealkylation sites (tertiary alicyclic amines) is 1. The monoisotopic (exact) mass is 428 g/mol. The zero-order valence-electron chi connectivity index (χ0n) is 17.1. The smallest absolute Gasteiger partial charge is 0.295 e. The van der Waals surface area contributed by atoms with Crippen LogP contribution >= 0.6 is 0 Å². The summed E-state index contributed by atoms with van der Waals surface area (Å²) in [5.74, 6) is -0.578. The Morgan fingerprint density at radius 2 is 1.78 bits per heavy atom.